The highest BCUT2D eigenvalue weighted by Crippen LogP contribution is 2.28. The summed E-state index contributed by atoms with van der Waals surface area (Å²) in [6, 6.07) is 6.36. The van der Waals surface area contributed by atoms with Crippen molar-refractivity contribution in [2.45, 2.75) is 43.4 Å². The Morgan fingerprint density at radius 2 is 2.13 bits per heavy atom. The number of carbonyl (C=O) groups is 1. The maximum absolute atomic E-state index is 13.7. The molecule has 3 aromatic heterocycles. The van der Waals surface area contributed by atoms with E-state index in [0.29, 0.717) is 39.9 Å². The number of rotatable bonds is 6. The van der Waals surface area contributed by atoms with Crippen LogP contribution in [0.2, 0.25) is 0 Å². The summed E-state index contributed by atoms with van der Waals surface area (Å²) >= 11 is 1.38. The number of aromatic amines is 2. The van der Waals surface area contributed by atoms with E-state index in [0.717, 1.165) is 17.0 Å². The van der Waals surface area contributed by atoms with Gasteiger partial charge in [0.15, 0.2) is 10.8 Å². The molecule has 0 radical (unpaired) electrons. The van der Waals surface area contributed by atoms with Gasteiger partial charge in [0.1, 0.15) is 10.9 Å². The van der Waals surface area contributed by atoms with E-state index in [9.17, 15) is 13.2 Å². The molecular weight excluding hydrogens is 542 g/mol. The van der Waals surface area contributed by atoms with Gasteiger partial charge in [-0.25, -0.2) is 18.5 Å². The lowest BCUT2D eigenvalue weighted by atomic mass is 10.1. The number of fused-ring (bicyclic) bond motifs is 2. The molecule has 5 heterocycles. The first-order valence-corrected chi connectivity index (χ1v) is 14.7. The summed E-state index contributed by atoms with van der Waals surface area (Å²) < 4.78 is 28.8. The molecule has 14 nitrogen and oxygen atoms in total. The van der Waals surface area contributed by atoms with Gasteiger partial charge in [0.25, 0.3) is 15.9 Å². The second kappa shape index (κ2) is 9.78. The number of piperazine rings is 1. The number of carbonyl (C=O) groups excluding carboxylic acids is 1. The Balaban J connectivity index is 1.27. The summed E-state index contributed by atoms with van der Waals surface area (Å²) in [7, 11) is -3.92. The zero-order valence-corrected chi connectivity index (χ0v) is 22.6. The Morgan fingerprint density at radius 1 is 1.28 bits per heavy atom. The third kappa shape index (κ3) is 4.80. The molecule has 6 N–H and O–H groups in total. The van der Waals surface area contributed by atoms with E-state index in [1.54, 1.807) is 29.2 Å². The van der Waals surface area contributed by atoms with Gasteiger partial charge in [-0.15, -0.1) is 16.4 Å². The largest absolute Gasteiger partial charge is 0.384 e. The normalized spacial score (nSPS) is 20.3. The van der Waals surface area contributed by atoms with Gasteiger partial charge in [0, 0.05) is 66.4 Å². The Bertz CT molecular complexity index is 1660. The number of hydrogen-bond acceptors (Lipinski definition) is 10. The van der Waals surface area contributed by atoms with Crippen LogP contribution in [-0.4, -0.2) is 91.7 Å². The van der Waals surface area contributed by atoms with E-state index < -0.39 is 16.1 Å². The molecule has 0 saturated carbocycles. The Labute approximate surface area is 227 Å². The Kier molecular flexibility index (Phi) is 6.41. The van der Waals surface area contributed by atoms with Gasteiger partial charge in [-0.3, -0.25) is 10.2 Å². The monoisotopic (exact) mass is 569 g/mol. The van der Waals surface area contributed by atoms with Crippen LogP contribution in [0.3, 0.4) is 0 Å². The molecule has 1 aromatic carbocycles. The van der Waals surface area contributed by atoms with Crippen LogP contribution >= 0.6 is 11.3 Å². The predicted octanol–water partition coefficient (Wildman–Crippen LogP) is 0.214. The number of nitrogens with two attached hydrogens (primary N) is 1. The summed E-state index contributed by atoms with van der Waals surface area (Å²) in [6.07, 6.45) is 1.01. The van der Waals surface area contributed by atoms with Crippen molar-refractivity contribution >= 4 is 44.0 Å². The standard InChI is InChI=1S/C23H27N11O3S2/c1-12-6-17-18(10-26-12)38-22(28-17)23(35)34-5-4-33(11-15(34)9-19-29-31-32-30-19)39(36,37)20-8-14-7-13(21(24)25)2-3-16(14)27-20/h2-3,7-8,12,15,26-27H,4-6,9-11H2,1H3,(H3,24,25)(H,29,30,31,32). The number of nitrogen functional groups attached to an aromatic ring is 1. The van der Waals surface area contributed by atoms with Crippen LogP contribution in [0.1, 0.15) is 38.7 Å². The van der Waals surface area contributed by atoms with Gasteiger partial charge < -0.3 is 20.9 Å². The summed E-state index contributed by atoms with van der Waals surface area (Å²) in [5.74, 6) is 0.134. The highest BCUT2D eigenvalue weighted by molar-refractivity contribution is 7.89. The second-order valence-corrected chi connectivity index (χ2v) is 12.8. The third-order valence-corrected chi connectivity index (χ3v) is 9.99. The fourth-order valence-corrected chi connectivity index (χ4v) is 7.53. The van der Waals surface area contributed by atoms with Crippen LogP contribution in [0.4, 0.5) is 0 Å². The molecular formula is C23H27N11O3S2. The van der Waals surface area contributed by atoms with Gasteiger partial charge in [0.05, 0.1) is 11.7 Å². The van der Waals surface area contributed by atoms with Gasteiger partial charge in [-0.2, -0.15) is 4.31 Å². The number of hydrogen-bond donors (Lipinski definition) is 5. The molecule has 204 valence electrons. The van der Waals surface area contributed by atoms with Crippen LogP contribution in [-0.2, 0) is 29.4 Å². The summed E-state index contributed by atoms with van der Waals surface area (Å²) in [4.78, 5) is 24.0. The number of aromatic nitrogens is 6. The second-order valence-electron chi connectivity index (χ2n) is 9.79. The molecule has 4 aromatic rings. The highest BCUT2D eigenvalue weighted by atomic mass is 32.2. The lowest BCUT2D eigenvalue weighted by molar-refractivity contribution is 0.0561. The van der Waals surface area contributed by atoms with Gasteiger partial charge in [0.2, 0.25) is 0 Å². The zero-order chi connectivity index (χ0) is 27.3. The molecule has 0 bridgehead atoms. The smallest absolute Gasteiger partial charge is 0.283 e. The number of amidine groups is 1. The lowest BCUT2D eigenvalue weighted by Crippen LogP contribution is -2.57. The summed E-state index contributed by atoms with van der Waals surface area (Å²) in [6.45, 7) is 3.14. The van der Waals surface area contributed by atoms with Crippen molar-refractivity contribution in [2.75, 3.05) is 19.6 Å². The minimum atomic E-state index is -3.92. The van der Waals surface area contributed by atoms with Gasteiger partial charge in [-0.1, -0.05) is 0 Å². The molecule has 2 aliphatic rings. The van der Waals surface area contributed by atoms with Crippen molar-refractivity contribution in [2.24, 2.45) is 5.73 Å². The molecule has 16 heteroatoms. The molecule has 2 atom stereocenters. The van der Waals surface area contributed by atoms with Crippen molar-refractivity contribution in [1.82, 2.24) is 45.1 Å². The number of nitrogens with zero attached hydrogens (tertiary/aromatic N) is 6. The van der Waals surface area contributed by atoms with E-state index in [1.807, 2.05) is 0 Å². The number of nitrogens with one attached hydrogen (secondary N) is 4. The molecule has 1 saturated heterocycles. The number of thiazole rings is 1. The SMILES string of the molecule is CC1Cc2nc(C(=O)N3CCN(S(=O)(=O)c4cc5cc(C(=N)N)ccc5[nH]4)CC3Cc3nnn[nH]3)sc2CN1. The van der Waals surface area contributed by atoms with Gasteiger partial charge in [-0.05, 0) is 41.6 Å². The quantitative estimate of drug-likeness (QED) is 0.159. The molecule has 0 spiro atoms. The van der Waals surface area contributed by atoms with E-state index in [1.165, 1.54) is 15.6 Å². The average molecular weight is 570 g/mol. The molecule has 1 amide bonds. The van der Waals surface area contributed by atoms with Crippen LogP contribution in [0, 0.1) is 5.41 Å². The van der Waals surface area contributed by atoms with E-state index >= 15 is 0 Å². The zero-order valence-electron chi connectivity index (χ0n) is 21.0. The summed E-state index contributed by atoms with van der Waals surface area (Å²) in [5.41, 5.74) is 7.66. The number of benzene rings is 1. The van der Waals surface area contributed by atoms with Crippen LogP contribution in [0.15, 0.2) is 29.3 Å². The van der Waals surface area contributed by atoms with Crippen molar-refractivity contribution in [3.8, 4) is 0 Å². The number of H-pyrrole nitrogens is 2. The first-order chi connectivity index (χ1) is 18.7. The van der Waals surface area contributed by atoms with Crippen LogP contribution in [0.25, 0.3) is 10.9 Å². The first-order valence-electron chi connectivity index (χ1n) is 12.4. The number of tetrazole rings is 1. The molecule has 6 rings (SSSR count). The van der Waals surface area contributed by atoms with Crippen molar-refractivity contribution < 1.29 is 13.2 Å². The van der Waals surface area contributed by atoms with Crippen molar-refractivity contribution in [3.05, 3.63) is 51.2 Å². The van der Waals surface area contributed by atoms with E-state index in [2.05, 4.69) is 42.8 Å². The summed E-state index contributed by atoms with van der Waals surface area (Å²) in [5, 5.41) is 26.0. The average Bonchev–Trinajstić information content (AvgIpc) is 3.67. The molecule has 0 aliphatic carbocycles. The fourth-order valence-electron chi connectivity index (χ4n) is 5.05. The molecule has 39 heavy (non-hydrogen) atoms. The maximum atomic E-state index is 13.7. The minimum Gasteiger partial charge on any atom is -0.384 e. The third-order valence-electron chi connectivity index (χ3n) is 7.12. The lowest BCUT2D eigenvalue weighted by Gasteiger charge is -2.40. The van der Waals surface area contributed by atoms with Crippen molar-refractivity contribution in [1.29, 1.82) is 5.41 Å². The minimum absolute atomic E-state index is 0.0345. The van der Waals surface area contributed by atoms with Crippen LogP contribution in [0.5, 0.6) is 0 Å². The molecule has 2 aliphatic heterocycles. The molecule has 2 unspecified atom stereocenters. The van der Waals surface area contributed by atoms with E-state index in [4.69, 9.17) is 11.1 Å². The Morgan fingerprint density at radius 3 is 2.90 bits per heavy atom. The highest BCUT2D eigenvalue weighted by Gasteiger charge is 2.39. The maximum Gasteiger partial charge on any atom is 0.283 e. The topological polar surface area (TPSA) is 203 Å². The van der Waals surface area contributed by atoms with Crippen molar-refractivity contribution in [3.63, 3.8) is 0 Å². The van der Waals surface area contributed by atoms with E-state index in [-0.39, 0.29) is 42.8 Å². The molecule has 1 fully saturated rings. The predicted molar refractivity (Wildman–Crippen MR) is 143 cm³/mol. The Hall–Kier alpha value is -3.73. The number of amides is 1. The van der Waals surface area contributed by atoms with Gasteiger partial charge >= 0.3 is 0 Å². The fraction of sp³-hybridized carbons (Fsp3) is 0.391. The first kappa shape index (κ1) is 25.5. The van der Waals surface area contributed by atoms with Crippen LogP contribution < -0.4 is 11.1 Å². The number of sulfonamides is 1.